The summed E-state index contributed by atoms with van der Waals surface area (Å²) in [6.07, 6.45) is 4.82. The average Bonchev–Trinajstić information content (AvgIpc) is 3.12. The van der Waals surface area contributed by atoms with Crippen molar-refractivity contribution in [3.8, 4) is 6.07 Å². The molecule has 2 aliphatic rings. The summed E-state index contributed by atoms with van der Waals surface area (Å²) in [4.78, 5) is 25.8. The van der Waals surface area contributed by atoms with Crippen LogP contribution in [0, 0.1) is 17.2 Å². The zero-order chi connectivity index (χ0) is 17.4. The molecule has 0 aliphatic carbocycles. The number of hydrogen-bond donors (Lipinski definition) is 1. The highest BCUT2D eigenvalue weighted by Gasteiger charge is 2.29. The smallest absolute Gasteiger partial charge is 0.309 e. The van der Waals surface area contributed by atoms with Crippen molar-refractivity contribution < 1.29 is 19.1 Å². The van der Waals surface area contributed by atoms with E-state index in [0.29, 0.717) is 39.1 Å². The minimum absolute atomic E-state index is 0.0857. The summed E-state index contributed by atoms with van der Waals surface area (Å²) in [6.45, 7) is 4.46. The molecular formula is C17H25N3O4. The SMILES string of the molecule is CCOC(=O)C1CCN(C(=O)/C(C#N)=C\NCC2CCCO2)CC1. The number of nitriles is 1. The van der Waals surface area contributed by atoms with Gasteiger partial charge in [0.25, 0.3) is 5.91 Å². The number of likely N-dealkylation sites (tertiary alicyclic amines) is 1. The quantitative estimate of drug-likeness (QED) is 0.442. The Morgan fingerprint density at radius 3 is 2.71 bits per heavy atom. The Hall–Kier alpha value is -2.07. The highest BCUT2D eigenvalue weighted by molar-refractivity contribution is 5.97. The molecule has 2 fully saturated rings. The Morgan fingerprint density at radius 1 is 1.38 bits per heavy atom. The molecule has 24 heavy (non-hydrogen) atoms. The Morgan fingerprint density at radius 2 is 2.12 bits per heavy atom. The summed E-state index contributed by atoms with van der Waals surface area (Å²) < 4.78 is 10.5. The maximum atomic E-state index is 12.4. The molecule has 0 bridgehead atoms. The standard InChI is InChI=1S/C17H25N3O4/c1-2-23-17(22)13-5-7-20(8-6-13)16(21)14(10-18)11-19-12-15-4-3-9-24-15/h11,13,15,19H,2-9,12H2,1H3/b14-11-. The van der Waals surface area contributed by atoms with Crippen LogP contribution in [0.5, 0.6) is 0 Å². The summed E-state index contributed by atoms with van der Waals surface area (Å²) in [5.74, 6) is -0.639. The molecular weight excluding hydrogens is 310 g/mol. The molecule has 2 heterocycles. The van der Waals surface area contributed by atoms with E-state index in [-0.39, 0.29) is 29.5 Å². The first-order valence-corrected chi connectivity index (χ1v) is 8.56. The lowest BCUT2D eigenvalue weighted by Crippen LogP contribution is -2.41. The minimum atomic E-state index is -0.292. The van der Waals surface area contributed by atoms with Crippen LogP contribution < -0.4 is 5.32 Å². The molecule has 132 valence electrons. The lowest BCUT2D eigenvalue weighted by Gasteiger charge is -2.30. The van der Waals surface area contributed by atoms with Gasteiger partial charge in [0.2, 0.25) is 0 Å². The van der Waals surface area contributed by atoms with Gasteiger partial charge in [-0.2, -0.15) is 5.26 Å². The fraction of sp³-hybridized carbons (Fsp3) is 0.706. The van der Waals surface area contributed by atoms with Gasteiger partial charge in [0.1, 0.15) is 11.6 Å². The van der Waals surface area contributed by atoms with Crippen LogP contribution in [0.25, 0.3) is 0 Å². The van der Waals surface area contributed by atoms with Crippen LogP contribution in [0.15, 0.2) is 11.8 Å². The molecule has 1 unspecified atom stereocenters. The van der Waals surface area contributed by atoms with Crippen LogP contribution in [0.4, 0.5) is 0 Å². The molecule has 2 rings (SSSR count). The molecule has 7 nitrogen and oxygen atoms in total. The van der Waals surface area contributed by atoms with Gasteiger partial charge in [-0.1, -0.05) is 0 Å². The topological polar surface area (TPSA) is 91.7 Å². The molecule has 2 saturated heterocycles. The van der Waals surface area contributed by atoms with Crippen molar-refractivity contribution in [2.45, 2.75) is 38.7 Å². The van der Waals surface area contributed by atoms with Crippen molar-refractivity contribution in [3.63, 3.8) is 0 Å². The second-order valence-electron chi connectivity index (χ2n) is 6.03. The summed E-state index contributed by atoms with van der Waals surface area (Å²) in [6, 6.07) is 1.95. The van der Waals surface area contributed by atoms with Gasteiger partial charge in [-0.3, -0.25) is 9.59 Å². The summed E-state index contributed by atoms with van der Waals surface area (Å²) in [5, 5.41) is 12.2. The van der Waals surface area contributed by atoms with E-state index in [9.17, 15) is 14.9 Å². The highest BCUT2D eigenvalue weighted by atomic mass is 16.5. The number of carbonyl (C=O) groups is 2. The molecule has 0 aromatic rings. The lowest BCUT2D eigenvalue weighted by atomic mass is 9.96. The van der Waals surface area contributed by atoms with Gasteiger partial charge in [0.05, 0.1) is 18.6 Å². The second-order valence-corrected chi connectivity index (χ2v) is 6.03. The molecule has 7 heteroatoms. The summed E-state index contributed by atoms with van der Waals surface area (Å²) in [5.41, 5.74) is 0.0857. The summed E-state index contributed by atoms with van der Waals surface area (Å²) in [7, 11) is 0. The highest BCUT2D eigenvalue weighted by Crippen LogP contribution is 2.20. The van der Waals surface area contributed by atoms with Crippen molar-refractivity contribution in [1.29, 1.82) is 5.26 Å². The Labute approximate surface area is 142 Å². The molecule has 0 radical (unpaired) electrons. The number of piperidine rings is 1. The van der Waals surface area contributed by atoms with E-state index in [0.717, 1.165) is 19.4 Å². The lowest BCUT2D eigenvalue weighted by molar-refractivity contribution is -0.150. The number of ether oxygens (including phenoxy) is 2. The number of amides is 1. The third-order valence-electron chi connectivity index (χ3n) is 4.37. The largest absolute Gasteiger partial charge is 0.466 e. The van der Waals surface area contributed by atoms with E-state index in [4.69, 9.17) is 9.47 Å². The van der Waals surface area contributed by atoms with E-state index < -0.39 is 0 Å². The van der Waals surface area contributed by atoms with Crippen molar-refractivity contribution in [3.05, 3.63) is 11.8 Å². The summed E-state index contributed by atoms with van der Waals surface area (Å²) >= 11 is 0. The number of rotatable bonds is 6. The Balaban J connectivity index is 1.81. The van der Waals surface area contributed by atoms with Gasteiger partial charge in [-0.25, -0.2) is 0 Å². The number of hydrogen-bond acceptors (Lipinski definition) is 6. The fourth-order valence-corrected chi connectivity index (χ4v) is 2.99. The normalized spacial score (nSPS) is 22.1. The van der Waals surface area contributed by atoms with Crippen LogP contribution in [-0.2, 0) is 19.1 Å². The van der Waals surface area contributed by atoms with Crippen molar-refractivity contribution in [1.82, 2.24) is 10.2 Å². The van der Waals surface area contributed by atoms with Crippen molar-refractivity contribution in [2.24, 2.45) is 5.92 Å². The van der Waals surface area contributed by atoms with Gasteiger partial charge in [0.15, 0.2) is 0 Å². The van der Waals surface area contributed by atoms with Gasteiger partial charge < -0.3 is 19.7 Å². The maximum Gasteiger partial charge on any atom is 0.309 e. The van der Waals surface area contributed by atoms with Gasteiger partial charge in [-0.05, 0) is 32.6 Å². The van der Waals surface area contributed by atoms with E-state index in [1.807, 2.05) is 6.07 Å². The molecule has 0 aromatic heterocycles. The van der Waals surface area contributed by atoms with Crippen molar-refractivity contribution >= 4 is 11.9 Å². The van der Waals surface area contributed by atoms with Gasteiger partial charge in [0, 0.05) is 32.4 Å². The number of nitrogens with one attached hydrogen (secondary N) is 1. The first kappa shape index (κ1) is 18.3. The van der Waals surface area contributed by atoms with E-state index >= 15 is 0 Å². The van der Waals surface area contributed by atoms with E-state index in [1.165, 1.54) is 6.20 Å². The number of nitrogens with zero attached hydrogens (tertiary/aromatic N) is 2. The predicted octanol–water partition coefficient (Wildman–Crippen LogP) is 0.964. The number of carbonyl (C=O) groups excluding carboxylic acids is 2. The Kier molecular flexibility index (Phi) is 7.07. The van der Waals surface area contributed by atoms with Crippen LogP contribution in [0.2, 0.25) is 0 Å². The van der Waals surface area contributed by atoms with Crippen LogP contribution in [0.3, 0.4) is 0 Å². The van der Waals surface area contributed by atoms with E-state index in [1.54, 1.807) is 11.8 Å². The number of esters is 1. The minimum Gasteiger partial charge on any atom is -0.466 e. The third-order valence-corrected chi connectivity index (χ3v) is 4.37. The van der Waals surface area contributed by atoms with Crippen molar-refractivity contribution in [2.75, 3.05) is 32.8 Å². The average molecular weight is 335 g/mol. The molecule has 0 saturated carbocycles. The molecule has 0 aromatic carbocycles. The third kappa shape index (κ3) is 4.96. The molecule has 2 aliphatic heterocycles. The van der Waals surface area contributed by atoms with Gasteiger partial charge >= 0.3 is 5.97 Å². The van der Waals surface area contributed by atoms with E-state index in [2.05, 4.69) is 5.32 Å². The van der Waals surface area contributed by atoms with Crippen LogP contribution >= 0.6 is 0 Å². The fourth-order valence-electron chi connectivity index (χ4n) is 2.99. The maximum absolute atomic E-state index is 12.4. The molecule has 0 spiro atoms. The monoisotopic (exact) mass is 335 g/mol. The molecule has 1 N–H and O–H groups in total. The van der Waals surface area contributed by atoms with Crippen LogP contribution in [0.1, 0.15) is 32.6 Å². The second kappa shape index (κ2) is 9.28. The van der Waals surface area contributed by atoms with Gasteiger partial charge in [-0.15, -0.1) is 0 Å². The zero-order valence-electron chi connectivity index (χ0n) is 14.1. The Bertz CT molecular complexity index is 512. The molecule has 1 atom stereocenters. The zero-order valence-corrected chi connectivity index (χ0v) is 14.1. The molecule has 1 amide bonds. The van der Waals surface area contributed by atoms with Crippen LogP contribution in [-0.4, -0.2) is 55.7 Å². The first-order valence-electron chi connectivity index (χ1n) is 8.56. The first-order chi connectivity index (χ1) is 11.7. The predicted molar refractivity (Wildman–Crippen MR) is 86.6 cm³/mol.